The fraction of sp³-hybridized carbons (Fsp3) is 0.250. The summed E-state index contributed by atoms with van der Waals surface area (Å²) in [6.07, 6.45) is 0. The van der Waals surface area contributed by atoms with E-state index in [-0.39, 0.29) is 39.6 Å². The molecule has 17 heteroatoms. The second kappa shape index (κ2) is 24.7. The molecule has 6 aromatic carbocycles. The van der Waals surface area contributed by atoms with Crippen LogP contribution in [0.1, 0.15) is 41.5 Å². The zero-order valence-electron chi connectivity index (χ0n) is 37.8. The van der Waals surface area contributed by atoms with E-state index in [2.05, 4.69) is 0 Å². The molecule has 6 aromatic rings. The van der Waals surface area contributed by atoms with Gasteiger partial charge in [0.25, 0.3) is 0 Å². The molecule has 0 fully saturated rings. The Labute approximate surface area is 387 Å². The van der Waals surface area contributed by atoms with E-state index in [1.165, 1.54) is 0 Å². The fourth-order valence-electron chi connectivity index (χ4n) is 6.50. The number of benzene rings is 6. The molecule has 0 heterocycles. The predicted octanol–water partition coefficient (Wildman–Crippen LogP) is 14.5. The Balaban J connectivity index is 2.04. The third-order valence-corrected chi connectivity index (χ3v) is 61.7. The Morgan fingerprint density at radius 1 is 0.246 bits per heavy atom. The van der Waals surface area contributed by atoms with Gasteiger partial charge in [-0.2, -0.15) is 0 Å². The van der Waals surface area contributed by atoms with Crippen LogP contribution in [0.4, 0.5) is 0 Å². The van der Waals surface area contributed by atoms with E-state index in [1.807, 2.05) is 224 Å². The van der Waals surface area contributed by atoms with Crippen molar-refractivity contribution in [2.45, 2.75) is 41.5 Å². The molecule has 65 heavy (non-hydrogen) atoms. The Bertz CT molecular complexity index is 1850. The van der Waals surface area contributed by atoms with Crippen LogP contribution in [0.15, 0.2) is 182 Å². The van der Waals surface area contributed by atoms with E-state index >= 15 is 0 Å². The minimum absolute atomic E-state index is 0.0808. The van der Waals surface area contributed by atoms with E-state index < -0.39 is 37.5 Å². The maximum atomic E-state index is 7.80. The van der Waals surface area contributed by atoms with E-state index in [0.717, 1.165) is 0 Å². The molecule has 0 radical (unpaired) electrons. The zero-order chi connectivity index (χ0) is 45.9. The average molecular weight is 1020 g/mol. The van der Waals surface area contributed by atoms with Crippen molar-refractivity contribution in [3.8, 4) is 34.5 Å². The average Bonchev–Trinajstić information content (AvgIpc) is 3.32. The second-order valence-electron chi connectivity index (χ2n) is 13.3. The van der Waals surface area contributed by atoms with Crippen LogP contribution in [0.5, 0.6) is 34.5 Å². The van der Waals surface area contributed by atoms with Crippen molar-refractivity contribution in [2.75, 3.05) is 39.6 Å². The first-order valence-corrected chi connectivity index (χ1v) is 33.8. The van der Waals surface area contributed by atoms with E-state index in [1.54, 1.807) is 0 Å². The topological polar surface area (TPSA) is 111 Å². The Morgan fingerprint density at radius 2 is 0.400 bits per heavy atom. The van der Waals surface area contributed by atoms with Crippen molar-refractivity contribution >= 4 is 26.9 Å². The summed E-state index contributed by atoms with van der Waals surface area (Å²) < 4.78 is 91.1. The third kappa shape index (κ3) is 11.3. The first kappa shape index (κ1) is 50.5. The monoisotopic (exact) mass is 1010 g/mol. The Kier molecular flexibility index (Phi) is 19.2. The molecule has 0 unspecified atom stereocenters. The molecule has 0 aliphatic carbocycles. The fourth-order valence-corrected chi connectivity index (χ4v) is 67.3. The number of para-hydroxylation sites is 6. The van der Waals surface area contributed by atoms with Crippen molar-refractivity contribution in [2.24, 2.45) is 0 Å². The summed E-state index contributed by atoms with van der Waals surface area (Å²) in [5.41, 5.74) is 0. The van der Waals surface area contributed by atoms with Crippen molar-refractivity contribution in [1.29, 1.82) is 0 Å². The number of hydrogen-bond acceptors (Lipinski definition) is 12. The van der Waals surface area contributed by atoms with Crippen molar-refractivity contribution in [1.82, 2.24) is 0 Å². The van der Waals surface area contributed by atoms with E-state index in [4.69, 9.17) is 54.3 Å². The summed E-state index contributed by atoms with van der Waals surface area (Å²) in [4.78, 5) is 0. The molecule has 0 N–H and O–H groups in total. The summed E-state index contributed by atoms with van der Waals surface area (Å²) in [5.74, 6) is 2.29. The van der Waals surface area contributed by atoms with Crippen molar-refractivity contribution < 1.29 is 64.9 Å². The van der Waals surface area contributed by atoms with Gasteiger partial charge in [0.05, 0.1) is 0 Å². The van der Waals surface area contributed by atoms with Gasteiger partial charge in [-0.15, -0.1) is 0 Å². The Morgan fingerprint density at radius 3 is 0.538 bits per heavy atom. The molecule has 0 spiro atoms. The van der Waals surface area contributed by atoms with Crippen LogP contribution in [0.25, 0.3) is 0 Å². The molecule has 0 aliphatic rings. The second-order valence-corrected chi connectivity index (χ2v) is 44.2. The summed E-state index contributed by atoms with van der Waals surface area (Å²) in [7, 11) is -4.30. The number of hydrogen-bond donors (Lipinski definition) is 0. The van der Waals surface area contributed by atoms with Crippen LogP contribution >= 0.6 is 26.9 Å². The van der Waals surface area contributed by atoms with Gasteiger partial charge in [-0.1, -0.05) is 0 Å². The van der Waals surface area contributed by atoms with Crippen LogP contribution in [0.3, 0.4) is 0 Å². The van der Waals surface area contributed by atoms with Crippen LogP contribution in [-0.4, -0.2) is 39.6 Å². The van der Waals surface area contributed by atoms with Gasteiger partial charge in [-0.3, -0.25) is 0 Å². The van der Waals surface area contributed by atoms with Crippen LogP contribution in [-0.2, 0) is 37.8 Å². The molecule has 0 atom stereocenters. The van der Waals surface area contributed by atoms with Gasteiger partial charge in [0.15, 0.2) is 0 Å². The molecule has 0 saturated heterocycles. The molecular weight excluding hydrogens is 951 g/mol. The minimum atomic E-state index is -5.24. The van der Waals surface area contributed by atoms with Gasteiger partial charge in [0.1, 0.15) is 0 Å². The normalized spacial score (nSPS) is 14.5. The van der Waals surface area contributed by atoms with Gasteiger partial charge >= 0.3 is 389 Å². The van der Waals surface area contributed by atoms with E-state index in [0.29, 0.717) is 34.5 Å². The molecule has 0 bridgehead atoms. The first-order valence-electron chi connectivity index (χ1n) is 21.7. The summed E-state index contributed by atoms with van der Waals surface area (Å²) in [5, 5.41) is 0. The van der Waals surface area contributed by atoms with Gasteiger partial charge in [-0.25, -0.2) is 0 Å². The molecule has 0 aliphatic heterocycles. The molecule has 0 aromatic heterocycles. The van der Waals surface area contributed by atoms with Gasteiger partial charge in [0.2, 0.25) is 0 Å². The molecule has 6 rings (SSSR count). The van der Waals surface area contributed by atoms with Crippen molar-refractivity contribution in [3.63, 3.8) is 0 Å². The van der Waals surface area contributed by atoms with Gasteiger partial charge in [-0.05, 0) is 0 Å². The van der Waals surface area contributed by atoms with Gasteiger partial charge in [0, 0.05) is 0 Å². The summed E-state index contributed by atoms with van der Waals surface area (Å²) >= 11 is 0. The van der Waals surface area contributed by atoms with Gasteiger partial charge < -0.3 is 0 Å². The maximum absolute atomic E-state index is 7.80. The van der Waals surface area contributed by atoms with Crippen LogP contribution < -0.4 is 27.1 Å². The number of rotatable bonds is 28. The molecule has 0 saturated carbocycles. The third-order valence-electron chi connectivity index (χ3n) is 8.87. The summed E-state index contributed by atoms with van der Waals surface area (Å²) in [6.45, 7) is -8.43. The molecule has 358 valence electrons. The SMILES string of the molecule is CCO[PH](OCC)(OCC)[Ni]([PH](OCC)(OCC)OCC)([PH](Oc1ccccc1)(Oc1ccccc1)Oc1ccccc1)[PH](Oc1ccccc1)(Oc1ccccc1)Oc1ccccc1. The standard InChI is InChI=1S/2C18H16O3P.2C6H16O3P.Ni/c2*1-4-10-16(11-5-1)19-22(20-17-12-6-2-7-13-17)21-18-14-8-3-9-15-18;2*1-4-7-10(8-5-2)9-6-3;/h2*1-15,22H;2*10H,4-6H2,1-3H3;/q4*+1;-4. The molecule has 12 nitrogen and oxygen atoms in total. The molecular formula is C48H64NiO12P4. The zero-order valence-corrected chi connectivity index (χ0v) is 42.8. The predicted molar refractivity (Wildman–Crippen MR) is 265 cm³/mol. The Hall–Kier alpha value is -3.91. The molecule has 0 amide bonds. The van der Waals surface area contributed by atoms with E-state index in [9.17, 15) is 0 Å². The van der Waals surface area contributed by atoms with Crippen molar-refractivity contribution in [3.05, 3.63) is 182 Å². The summed E-state index contributed by atoms with van der Waals surface area (Å²) in [6, 6.07) is 56.0. The quantitative estimate of drug-likeness (QED) is 0.0345. The van der Waals surface area contributed by atoms with Crippen LogP contribution in [0, 0.1) is 0 Å². The van der Waals surface area contributed by atoms with Crippen LogP contribution in [0.2, 0.25) is 0 Å². The first-order chi connectivity index (χ1) is 31.8.